The van der Waals surface area contributed by atoms with Crippen molar-refractivity contribution in [3.8, 4) is 5.75 Å². The zero-order valence-corrected chi connectivity index (χ0v) is 12.5. The average molecular weight is 277 g/mol. The van der Waals surface area contributed by atoms with Gasteiger partial charge in [0.25, 0.3) is 0 Å². The molecular weight excluding hydrogens is 250 g/mol. The average Bonchev–Trinajstić information content (AvgIpc) is 2.43. The fraction of sp³-hybridized carbons (Fsp3) is 0.647. The lowest BCUT2D eigenvalue weighted by Crippen LogP contribution is -2.35. The van der Waals surface area contributed by atoms with Gasteiger partial charge in [-0.05, 0) is 49.4 Å². The predicted octanol–water partition coefficient (Wildman–Crippen LogP) is 3.12. The van der Waals surface area contributed by atoms with Crippen molar-refractivity contribution in [3.63, 3.8) is 0 Å². The highest BCUT2D eigenvalue weighted by Crippen LogP contribution is 2.26. The van der Waals surface area contributed by atoms with Crippen LogP contribution in [0.1, 0.15) is 44.6 Å². The van der Waals surface area contributed by atoms with Crippen molar-refractivity contribution in [2.45, 2.75) is 51.7 Å². The molecule has 1 aromatic rings. The molecule has 1 saturated carbocycles. The molecule has 1 aromatic carbocycles. The third-order valence-corrected chi connectivity index (χ3v) is 3.91. The Labute approximate surface area is 122 Å². The van der Waals surface area contributed by atoms with Crippen LogP contribution in [0, 0.1) is 5.92 Å². The molecule has 0 aliphatic heterocycles. The van der Waals surface area contributed by atoms with E-state index in [1.807, 2.05) is 0 Å². The molecule has 3 heteroatoms. The molecular formula is C17H27NO2. The Kier molecular flexibility index (Phi) is 6.34. The number of aliphatic hydroxyl groups excluding tert-OH is 1. The number of benzene rings is 1. The SMILES string of the molecule is CCCCCOc1ccc(CNCC2CC(O)C2)cc1. The molecule has 0 saturated heterocycles. The third-order valence-electron chi connectivity index (χ3n) is 3.91. The molecule has 2 N–H and O–H groups in total. The highest BCUT2D eigenvalue weighted by atomic mass is 16.5. The van der Waals surface area contributed by atoms with Gasteiger partial charge in [0.15, 0.2) is 0 Å². The van der Waals surface area contributed by atoms with Gasteiger partial charge in [-0.15, -0.1) is 0 Å². The predicted molar refractivity (Wildman–Crippen MR) is 81.9 cm³/mol. The molecule has 0 spiro atoms. The second-order valence-corrected chi connectivity index (χ2v) is 5.82. The van der Waals surface area contributed by atoms with E-state index in [4.69, 9.17) is 4.74 Å². The van der Waals surface area contributed by atoms with E-state index >= 15 is 0 Å². The molecule has 1 aliphatic rings. The molecule has 0 aromatic heterocycles. The number of unbranched alkanes of at least 4 members (excludes halogenated alkanes) is 2. The van der Waals surface area contributed by atoms with Gasteiger partial charge in [0.05, 0.1) is 12.7 Å². The van der Waals surface area contributed by atoms with Gasteiger partial charge in [-0.3, -0.25) is 0 Å². The number of rotatable bonds is 9. The van der Waals surface area contributed by atoms with E-state index in [2.05, 4.69) is 36.5 Å². The molecule has 112 valence electrons. The number of hydrogen-bond acceptors (Lipinski definition) is 3. The molecule has 2 rings (SSSR count). The summed E-state index contributed by atoms with van der Waals surface area (Å²) in [6.45, 7) is 4.91. The van der Waals surface area contributed by atoms with Gasteiger partial charge in [0, 0.05) is 6.54 Å². The summed E-state index contributed by atoms with van der Waals surface area (Å²) in [5.41, 5.74) is 1.28. The van der Waals surface area contributed by atoms with Gasteiger partial charge in [0.1, 0.15) is 5.75 Å². The molecule has 0 atom stereocenters. The first kappa shape index (κ1) is 15.3. The first-order chi connectivity index (χ1) is 9.78. The zero-order chi connectivity index (χ0) is 14.2. The first-order valence-corrected chi connectivity index (χ1v) is 7.88. The Morgan fingerprint density at radius 1 is 1.20 bits per heavy atom. The maximum absolute atomic E-state index is 9.23. The summed E-state index contributed by atoms with van der Waals surface area (Å²) in [4.78, 5) is 0. The minimum absolute atomic E-state index is 0.0501. The maximum atomic E-state index is 9.23. The highest BCUT2D eigenvalue weighted by Gasteiger charge is 2.26. The van der Waals surface area contributed by atoms with Crippen LogP contribution in [0.5, 0.6) is 5.75 Å². The van der Waals surface area contributed by atoms with Crippen LogP contribution in [-0.2, 0) is 6.54 Å². The summed E-state index contributed by atoms with van der Waals surface area (Å²) >= 11 is 0. The van der Waals surface area contributed by atoms with E-state index in [-0.39, 0.29) is 6.10 Å². The van der Waals surface area contributed by atoms with E-state index in [1.54, 1.807) is 0 Å². The normalized spacial score (nSPS) is 21.5. The summed E-state index contributed by atoms with van der Waals surface area (Å²) in [5.74, 6) is 1.62. The fourth-order valence-corrected chi connectivity index (χ4v) is 2.53. The maximum Gasteiger partial charge on any atom is 0.119 e. The second-order valence-electron chi connectivity index (χ2n) is 5.82. The van der Waals surface area contributed by atoms with Gasteiger partial charge in [0.2, 0.25) is 0 Å². The standard InChI is InChI=1S/C17H27NO2/c1-2-3-4-9-20-17-7-5-14(6-8-17)12-18-13-15-10-16(19)11-15/h5-8,15-16,18-19H,2-4,9-13H2,1H3. The number of aliphatic hydroxyl groups is 1. The highest BCUT2D eigenvalue weighted by molar-refractivity contribution is 5.27. The molecule has 20 heavy (non-hydrogen) atoms. The lowest BCUT2D eigenvalue weighted by Gasteiger charge is -2.31. The molecule has 0 amide bonds. The second kappa shape index (κ2) is 8.28. The van der Waals surface area contributed by atoms with Gasteiger partial charge >= 0.3 is 0 Å². The van der Waals surface area contributed by atoms with Gasteiger partial charge in [-0.2, -0.15) is 0 Å². The van der Waals surface area contributed by atoms with E-state index in [0.29, 0.717) is 5.92 Å². The van der Waals surface area contributed by atoms with Crippen LogP contribution in [0.4, 0.5) is 0 Å². The number of hydrogen-bond donors (Lipinski definition) is 2. The van der Waals surface area contributed by atoms with Gasteiger partial charge < -0.3 is 15.2 Å². The number of nitrogens with one attached hydrogen (secondary N) is 1. The van der Waals surface area contributed by atoms with Gasteiger partial charge in [-0.1, -0.05) is 31.9 Å². The number of ether oxygens (including phenoxy) is 1. The van der Waals surface area contributed by atoms with Crippen LogP contribution in [0.15, 0.2) is 24.3 Å². The van der Waals surface area contributed by atoms with Crippen LogP contribution >= 0.6 is 0 Å². The molecule has 0 bridgehead atoms. The topological polar surface area (TPSA) is 41.5 Å². The van der Waals surface area contributed by atoms with Crippen LogP contribution in [0.3, 0.4) is 0 Å². The lowest BCUT2D eigenvalue weighted by atomic mass is 9.82. The molecule has 0 heterocycles. The Morgan fingerprint density at radius 2 is 1.95 bits per heavy atom. The molecule has 0 radical (unpaired) electrons. The first-order valence-electron chi connectivity index (χ1n) is 7.88. The fourth-order valence-electron chi connectivity index (χ4n) is 2.53. The van der Waals surface area contributed by atoms with Gasteiger partial charge in [-0.25, -0.2) is 0 Å². The molecule has 1 fully saturated rings. The van der Waals surface area contributed by atoms with Crippen molar-refractivity contribution in [1.29, 1.82) is 0 Å². The summed E-state index contributed by atoms with van der Waals surface area (Å²) in [6.07, 6.45) is 5.46. The quantitative estimate of drug-likeness (QED) is 0.681. The molecule has 3 nitrogen and oxygen atoms in total. The lowest BCUT2D eigenvalue weighted by molar-refractivity contribution is 0.0430. The summed E-state index contributed by atoms with van der Waals surface area (Å²) in [5, 5.41) is 12.7. The van der Waals surface area contributed by atoms with Crippen molar-refractivity contribution in [3.05, 3.63) is 29.8 Å². The van der Waals surface area contributed by atoms with Crippen molar-refractivity contribution in [2.75, 3.05) is 13.2 Å². The summed E-state index contributed by atoms with van der Waals surface area (Å²) in [7, 11) is 0. The minimum atomic E-state index is -0.0501. The van der Waals surface area contributed by atoms with Crippen LogP contribution in [0.25, 0.3) is 0 Å². The van der Waals surface area contributed by atoms with Crippen LogP contribution in [0.2, 0.25) is 0 Å². The van der Waals surface area contributed by atoms with Crippen molar-refractivity contribution < 1.29 is 9.84 Å². The van der Waals surface area contributed by atoms with Crippen molar-refractivity contribution >= 4 is 0 Å². The summed E-state index contributed by atoms with van der Waals surface area (Å²) < 4.78 is 5.70. The van der Waals surface area contributed by atoms with E-state index in [1.165, 1.54) is 18.4 Å². The third kappa shape index (κ3) is 5.14. The van der Waals surface area contributed by atoms with Crippen LogP contribution in [-0.4, -0.2) is 24.4 Å². The largest absolute Gasteiger partial charge is 0.494 e. The Hall–Kier alpha value is -1.06. The van der Waals surface area contributed by atoms with E-state index in [0.717, 1.165) is 44.7 Å². The van der Waals surface area contributed by atoms with E-state index in [9.17, 15) is 5.11 Å². The summed E-state index contributed by atoms with van der Waals surface area (Å²) in [6, 6.07) is 8.35. The Balaban J connectivity index is 1.61. The Bertz CT molecular complexity index is 371. The molecule has 0 unspecified atom stereocenters. The van der Waals surface area contributed by atoms with Crippen molar-refractivity contribution in [2.24, 2.45) is 5.92 Å². The smallest absolute Gasteiger partial charge is 0.119 e. The van der Waals surface area contributed by atoms with Crippen LogP contribution < -0.4 is 10.1 Å². The molecule has 1 aliphatic carbocycles. The van der Waals surface area contributed by atoms with Crippen molar-refractivity contribution in [1.82, 2.24) is 5.32 Å². The monoisotopic (exact) mass is 277 g/mol. The zero-order valence-electron chi connectivity index (χ0n) is 12.5. The minimum Gasteiger partial charge on any atom is -0.494 e. The Morgan fingerprint density at radius 3 is 2.60 bits per heavy atom. The van der Waals surface area contributed by atoms with E-state index < -0.39 is 0 Å².